The number of aromatic hydroxyl groups is 1. The van der Waals surface area contributed by atoms with Crippen LogP contribution in [0, 0.1) is 17.6 Å². The molecule has 162 valence electrons. The molecule has 0 aliphatic heterocycles. The molecule has 1 fully saturated rings. The molecule has 0 bridgehead atoms. The van der Waals surface area contributed by atoms with Crippen LogP contribution in [0.4, 0.5) is 8.78 Å². The molecule has 2 atom stereocenters. The Labute approximate surface area is 178 Å². The molecule has 0 saturated heterocycles. The van der Waals surface area contributed by atoms with Crippen molar-refractivity contribution in [1.82, 2.24) is 4.98 Å². The van der Waals surface area contributed by atoms with Crippen molar-refractivity contribution in [3.05, 3.63) is 53.7 Å². The van der Waals surface area contributed by atoms with E-state index in [0.717, 1.165) is 0 Å². The third-order valence-corrected chi connectivity index (χ3v) is 5.77. The van der Waals surface area contributed by atoms with Gasteiger partial charge in [0.05, 0.1) is 17.0 Å². The SMILES string of the molecule is CC(C)c1nc(O[C@H]2CCC(C(=O)O)C2)c2c(F)c(O)ccc2c1-c1ccc(F)cc1. The number of hydrogen-bond acceptors (Lipinski definition) is 4. The molecule has 1 aromatic heterocycles. The zero-order valence-corrected chi connectivity index (χ0v) is 17.2. The summed E-state index contributed by atoms with van der Waals surface area (Å²) in [4.78, 5) is 15.9. The fourth-order valence-electron chi connectivity index (χ4n) is 4.19. The second-order valence-corrected chi connectivity index (χ2v) is 8.25. The lowest BCUT2D eigenvalue weighted by molar-refractivity contribution is -0.141. The third kappa shape index (κ3) is 3.92. The Balaban J connectivity index is 1.91. The summed E-state index contributed by atoms with van der Waals surface area (Å²) in [6.07, 6.45) is 0.916. The van der Waals surface area contributed by atoms with Crippen molar-refractivity contribution in [3.63, 3.8) is 0 Å². The van der Waals surface area contributed by atoms with Gasteiger partial charge in [-0.15, -0.1) is 0 Å². The third-order valence-electron chi connectivity index (χ3n) is 5.77. The summed E-state index contributed by atoms with van der Waals surface area (Å²) in [6, 6.07) is 8.75. The molecule has 1 unspecified atom stereocenters. The van der Waals surface area contributed by atoms with Crippen molar-refractivity contribution >= 4 is 16.7 Å². The van der Waals surface area contributed by atoms with Crippen LogP contribution in [0.1, 0.15) is 44.7 Å². The highest BCUT2D eigenvalue weighted by Crippen LogP contribution is 2.42. The normalized spacial score (nSPS) is 18.6. The van der Waals surface area contributed by atoms with E-state index in [2.05, 4.69) is 4.98 Å². The van der Waals surface area contributed by atoms with Gasteiger partial charge in [-0.3, -0.25) is 4.79 Å². The number of benzene rings is 2. The van der Waals surface area contributed by atoms with Crippen LogP contribution in [0.15, 0.2) is 36.4 Å². The van der Waals surface area contributed by atoms with Crippen LogP contribution in [-0.4, -0.2) is 27.3 Å². The number of fused-ring (bicyclic) bond motifs is 1. The van der Waals surface area contributed by atoms with Gasteiger partial charge in [0, 0.05) is 5.56 Å². The van der Waals surface area contributed by atoms with E-state index in [1.807, 2.05) is 13.8 Å². The first kappa shape index (κ1) is 21.0. The van der Waals surface area contributed by atoms with Crippen LogP contribution in [0.3, 0.4) is 0 Å². The van der Waals surface area contributed by atoms with Crippen LogP contribution in [0.5, 0.6) is 11.6 Å². The van der Waals surface area contributed by atoms with Gasteiger partial charge < -0.3 is 14.9 Å². The topological polar surface area (TPSA) is 79.7 Å². The number of nitrogens with zero attached hydrogens (tertiary/aromatic N) is 1. The lowest BCUT2D eigenvalue weighted by Gasteiger charge is -2.21. The fourth-order valence-corrected chi connectivity index (χ4v) is 4.19. The van der Waals surface area contributed by atoms with Crippen LogP contribution in [0.2, 0.25) is 0 Å². The first-order valence-corrected chi connectivity index (χ1v) is 10.3. The van der Waals surface area contributed by atoms with Crippen LogP contribution >= 0.6 is 0 Å². The van der Waals surface area contributed by atoms with Crippen LogP contribution < -0.4 is 4.74 Å². The number of halogens is 2. The van der Waals surface area contributed by atoms with Gasteiger partial charge in [-0.05, 0) is 60.4 Å². The number of carboxylic acids is 1. The number of pyridine rings is 1. The number of aliphatic carboxylic acids is 1. The number of rotatable bonds is 5. The number of carbonyl (C=O) groups is 1. The standard InChI is InChI=1S/C24H23F2NO4/c1-12(2)22-19(13-3-6-15(25)7-4-13)17-9-10-18(28)21(26)20(17)23(27-22)31-16-8-5-14(11-16)24(29)30/h3-4,6-7,9-10,12,14,16,28H,5,8,11H2,1-2H3,(H,29,30)/t14?,16-/m0/s1. The van der Waals surface area contributed by atoms with Gasteiger partial charge in [0.2, 0.25) is 5.88 Å². The van der Waals surface area contributed by atoms with Crippen LogP contribution in [-0.2, 0) is 4.79 Å². The summed E-state index contributed by atoms with van der Waals surface area (Å²) in [5.41, 5.74) is 1.96. The van der Waals surface area contributed by atoms with Gasteiger partial charge in [0.25, 0.3) is 0 Å². The molecule has 1 aliphatic rings. The number of carboxylic acid groups (broad SMARTS) is 1. The monoisotopic (exact) mass is 427 g/mol. The van der Waals surface area contributed by atoms with E-state index in [-0.39, 0.29) is 23.0 Å². The number of phenols is 1. The average Bonchev–Trinajstić information content (AvgIpc) is 3.20. The maximum atomic E-state index is 15.1. The molecule has 5 nitrogen and oxygen atoms in total. The quantitative estimate of drug-likeness (QED) is 0.551. The van der Waals surface area contributed by atoms with Gasteiger partial charge in [-0.25, -0.2) is 13.8 Å². The van der Waals surface area contributed by atoms with Crippen molar-refractivity contribution in [1.29, 1.82) is 0 Å². The molecule has 2 N–H and O–H groups in total. The van der Waals surface area contributed by atoms with Crippen molar-refractivity contribution in [2.75, 3.05) is 0 Å². The van der Waals surface area contributed by atoms with Crippen molar-refractivity contribution in [2.24, 2.45) is 5.92 Å². The minimum Gasteiger partial charge on any atom is -0.505 e. The molecule has 7 heteroatoms. The van der Waals surface area contributed by atoms with Gasteiger partial charge in [0.1, 0.15) is 11.9 Å². The van der Waals surface area contributed by atoms with E-state index in [9.17, 15) is 19.4 Å². The summed E-state index contributed by atoms with van der Waals surface area (Å²) >= 11 is 0. The summed E-state index contributed by atoms with van der Waals surface area (Å²) < 4.78 is 34.6. The Kier molecular flexibility index (Phi) is 5.52. The minimum absolute atomic E-state index is 0.0301. The lowest BCUT2D eigenvalue weighted by atomic mass is 9.92. The number of hydrogen-bond donors (Lipinski definition) is 2. The molecule has 1 saturated carbocycles. The molecular formula is C24H23F2NO4. The summed E-state index contributed by atoms with van der Waals surface area (Å²) in [7, 11) is 0. The van der Waals surface area contributed by atoms with Crippen molar-refractivity contribution in [3.8, 4) is 22.8 Å². The number of aromatic nitrogens is 1. The second-order valence-electron chi connectivity index (χ2n) is 8.25. The Morgan fingerprint density at radius 1 is 1.13 bits per heavy atom. The van der Waals surface area contributed by atoms with Gasteiger partial charge >= 0.3 is 5.97 Å². The predicted octanol–water partition coefficient (Wildman–Crippen LogP) is 5.64. The average molecular weight is 427 g/mol. The molecule has 1 aliphatic carbocycles. The van der Waals surface area contributed by atoms with Crippen molar-refractivity contribution in [2.45, 2.75) is 45.1 Å². The van der Waals surface area contributed by atoms with E-state index in [4.69, 9.17) is 4.74 Å². The summed E-state index contributed by atoms with van der Waals surface area (Å²) in [5, 5.41) is 19.8. The first-order chi connectivity index (χ1) is 14.8. The molecule has 0 spiro atoms. The van der Waals surface area contributed by atoms with E-state index in [1.54, 1.807) is 18.2 Å². The second kappa shape index (κ2) is 8.13. The zero-order chi connectivity index (χ0) is 22.3. The smallest absolute Gasteiger partial charge is 0.306 e. The van der Waals surface area contributed by atoms with E-state index in [1.165, 1.54) is 18.2 Å². The highest BCUT2D eigenvalue weighted by molar-refractivity contribution is 6.01. The molecule has 3 aromatic rings. The molecule has 1 heterocycles. The van der Waals surface area contributed by atoms with Gasteiger partial charge in [-0.1, -0.05) is 26.0 Å². The first-order valence-electron chi connectivity index (χ1n) is 10.3. The maximum Gasteiger partial charge on any atom is 0.306 e. The van der Waals surface area contributed by atoms with E-state index in [0.29, 0.717) is 41.5 Å². The zero-order valence-electron chi connectivity index (χ0n) is 17.2. The molecule has 0 radical (unpaired) electrons. The largest absolute Gasteiger partial charge is 0.505 e. The molecular weight excluding hydrogens is 404 g/mol. The Hall–Kier alpha value is -3.22. The molecule has 0 amide bonds. The lowest BCUT2D eigenvalue weighted by Crippen LogP contribution is -2.17. The van der Waals surface area contributed by atoms with Crippen LogP contribution in [0.25, 0.3) is 21.9 Å². The highest BCUT2D eigenvalue weighted by Gasteiger charge is 2.32. The molecule has 4 rings (SSSR count). The van der Waals surface area contributed by atoms with E-state index >= 15 is 4.39 Å². The number of phenolic OH excluding ortho intramolecular Hbond substituents is 1. The highest BCUT2D eigenvalue weighted by atomic mass is 19.1. The maximum absolute atomic E-state index is 15.1. The molecule has 2 aromatic carbocycles. The minimum atomic E-state index is -0.873. The predicted molar refractivity (Wildman–Crippen MR) is 112 cm³/mol. The van der Waals surface area contributed by atoms with Gasteiger partial charge in [-0.2, -0.15) is 0 Å². The Morgan fingerprint density at radius 3 is 2.45 bits per heavy atom. The summed E-state index contributed by atoms with van der Waals surface area (Å²) in [5.74, 6) is -3.17. The Morgan fingerprint density at radius 2 is 1.84 bits per heavy atom. The Bertz CT molecular complexity index is 1140. The van der Waals surface area contributed by atoms with E-state index < -0.39 is 29.6 Å². The summed E-state index contributed by atoms with van der Waals surface area (Å²) in [6.45, 7) is 3.88. The van der Waals surface area contributed by atoms with Gasteiger partial charge in [0.15, 0.2) is 11.6 Å². The van der Waals surface area contributed by atoms with Crippen molar-refractivity contribution < 1.29 is 28.5 Å². The number of ether oxygens (including phenoxy) is 1. The molecule has 31 heavy (non-hydrogen) atoms. The fraction of sp³-hybridized carbons (Fsp3) is 0.333.